The van der Waals surface area contributed by atoms with E-state index in [0.29, 0.717) is 12.1 Å². The predicted octanol–water partition coefficient (Wildman–Crippen LogP) is 0.619. The van der Waals surface area contributed by atoms with Crippen molar-refractivity contribution >= 4 is 29.2 Å². The smallest absolute Gasteiger partial charge is 0.308 e. The zero-order valence-corrected chi connectivity index (χ0v) is 10.0. The van der Waals surface area contributed by atoms with Crippen molar-refractivity contribution < 1.29 is 19.5 Å². The summed E-state index contributed by atoms with van der Waals surface area (Å²) in [5.41, 5.74) is 2.26. The number of benzene rings is 1. The van der Waals surface area contributed by atoms with E-state index in [-0.39, 0.29) is 24.8 Å². The van der Waals surface area contributed by atoms with Gasteiger partial charge in [0.15, 0.2) is 0 Å². The second-order valence-corrected chi connectivity index (χ2v) is 4.81. The van der Waals surface area contributed by atoms with Crippen molar-refractivity contribution in [1.82, 2.24) is 0 Å². The number of nitrogens with zero attached hydrogens (tertiary/aromatic N) is 1. The normalized spacial score (nSPS) is 21.5. The van der Waals surface area contributed by atoms with Gasteiger partial charge in [0.1, 0.15) is 0 Å². The van der Waals surface area contributed by atoms with Crippen molar-refractivity contribution in [1.29, 1.82) is 0 Å². The minimum absolute atomic E-state index is 0.0313. The Bertz CT molecular complexity index is 596. The number of rotatable bonds is 2. The van der Waals surface area contributed by atoms with Crippen molar-refractivity contribution in [3.8, 4) is 0 Å². The molecule has 1 fully saturated rings. The average molecular weight is 260 g/mol. The van der Waals surface area contributed by atoms with Crippen molar-refractivity contribution in [2.45, 2.75) is 12.8 Å². The first-order valence-corrected chi connectivity index (χ1v) is 6.00. The number of hydrogen-bond acceptors (Lipinski definition) is 3. The Morgan fingerprint density at radius 3 is 2.84 bits per heavy atom. The van der Waals surface area contributed by atoms with E-state index in [4.69, 9.17) is 5.11 Å². The lowest BCUT2D eigenvalue weighted by molar-refractivity contribution is -0.141. The number of carbonyl (C=O) groups is 3. The van der Waals surface area contributed by atoms with Gasteiger partial charge in [-0.25, -0.2) is 0 Å². The minimum Gasteiger partial charge on any atom is -0.481 e. The summed E-state index contributed by atoms with van der Waals surface area (Å²) < 4.78 is 0. The molecule has 0 radical (unpaired) electrons. The van der Waals surface area contributed by atoms with Crippen LogP contribution >= 0.6 is 0 Å². The molecule has 2 amide bonds. The molecule has 2 aliphatic rings. The van der Waals surface area contributed by atoms with Gasteiger partial charge in [0, 0.05) is 24.3 Å². The standard InChI is InChI=1S/C13H12N2O4/c16-11-4-7-3-9(1-2-10(7)14-11)15-6-8(13(18)19)5-12(15)17/h1-3,8H,4-6H2,(H,14,16)(H,18,19)/t8-/m0/s1. The molecule has 2 aliphatic heterocycles. The zero-order valence-electron chi connectivity index (χ0n) is 10.0. The summed E-state index contributed by atoms with van der Waals surface area (Å²) in [6.45, 7) is 0.189. The number of fused-ring (bicyclic) bond motifs is 1. The Labute approximate surface area is 109 Å². The number of carboxylic acids is 1. The fraction of sp³-hybridized carbons (Fsp3) is 0.308. The lowest BCUT2D eigenvalue weighted by Crippen LogP contribution is -2.25. The van der Waals surface area contributed by atoms with Gasteiger partial charge in [-0.15, -0.1) is 0 Å². The molecule has 2 heterocycles. The molecular formula is C13H12N2O4. The molecule has 0 bridgehead atoms. The highest BCUT2D eigenvalue weighted by molar-refractivity contribution is 6.02. The number of anilines is 2. The lowest BCUT2D eigenvalue weighted by atomic mass is 10.1. The summed E-state index contributed by atoms with van der Waals surface area (Å²) in [5, 5.41) is 11.7. The van der Waals surface area contributed by atoms with Crippen molar-refractivity contribution in [2.75, 3.05) is 16.8 Å². The van der Waals surface area contributed by atoms with E-state index >= 15 is 0 Å². The predicted molar refractivity (Wildman–Crippen MR) is 66.9 cm³/mol. The third-order valence-electron chi connectivity index (χ3n) is 3.50. The number of amides is 2. The maximum absolute atomic E-state index is 11.8. The van der Waals surface area contributed by atoms with Crippen LogP contribution in [0.5, 0.6) is 0 Å². The Balaban J connectivity index is 1.88. The summed E-state index contributed by atoms with van der Waals surface area (Å²) in [4.78, 5) is 35.5. The van der Waals surface area contributed by atoms with Crippen LogP contribution in [-0.2, 0) is 20.8 Å². The molecule has 2 N–H and O–H groups in total. The van der Waals surface area contributed by atoms with Gasteiger partial charge in [-0.3, -0.25) is 14.4 Å². The molecule has 0 unspecified atom stereocenters. The molecule has 6 nitrogen and oxygen atoms in total. The van der Waals surface area contributed by atoms with E-state index in [0.717, 1.165) is 11.3 Å². The van der Waals surface area contributed by atoms with Gasteiger partial charge in [-0.2, -0.15) is 0 Å². The fourth-order valence-electron chi connectivity index (χ4n) is 2.51. The van der Waals surface area contributed by atoms with Crippen LogP contribution in [-0.4, -0.2) is 29.4 Å². The Hall–Kier alpha value is -2.37. The van der Waals surface area contributed by atoms with Crippen LogP contribution in [0.15, 0.2) is 18.2 Å². The van der Waals surface area contributed by atoms with Crippen molar-refractivity contribution in [2.24, 2.45) is 5.92 Å². The number of carboxylic acid groups (broad SMARTS) is 1. The van der Waals surface area contributed by atoms with Crippen LogP contribution in [0.4, 0.5) is 11.4 Å². The van der Waals surface area contributed by atoms with Gasteiger partial charge in [-0.1, -0.05) is 0 Å². The van der Waals surface area contributed by atoms with Gasteiger partial charge < -0.3 is 15.3 Å². The first-order valence-electron chi connectivity index (χ1n) is 6.00. The Morgan fingerprint density at radius 2 is 2.16 bits per heavy atom. The average Bonchev–Trinajstić information content (AvgIpc) is 2.90. The topological polar surface area (TPSA) is 86.7 Å². The van der Waals surface area contributed by atoms with Gasteiger partial charge in [0.2, 0.25) is 11.8 Å². The number of aliphatic carboxylic acids is 1. The molecule has 1 atom stereocenters. The zero-order chi connectivity index (χ0) is 13.6. The highest BCUT2D eigenvalue weighted by Crippen LogP contribution is 2.31. The SMILES string of the molecule is O=C1Cc2cc(N3C[C@@H](C(=O)O)CC3=O)ccc2N1. The van der Waals surface area contributed by atoms with Gasteiger partial charge >= 0.3 is 5.97 Å². The van der Waals surface area contributed by atoms with E-state index in [1.165, 1.54) is 4.90 Å². The highest BCUT2D eigenvalue weighted by atomic mass is 16.4. The summed E-state index contributed by atoms with van der Waals surface area (Å²) in [5.74, 6) is -1.86. The molecule has 3 rings (SSSR count). The summed E-state index contributed by atoms with van der Waals surface area (Å²) in [6.07, 6.45) is 0.331. The monoisotopic (exact) mass is 260 g/mol. The van der Waals surface area contributed by atoms with Gasteiger partial charge in [0.05, 0.1) is 12.3 Å². The van der Waals surface area contributed by atoms with E-state index in [1.807, 2.05) is 0 Å². The van der Waals surface area contributed by atoms with E-state index in [1.54, 1.807) is 18.2 Å². The second kappa shape index (κ2) is 4.08. The van der Waals surface area contributed by atoms with Crippen LogP contribution in [0.2, 0.25) is 0 Å². The lowest BCUT2D eigenvalue weighted by Gasteiger charge is -2.17. The molecule has 0 saturated carbocycles. The molecule has 19 heavy (non-hydrogen) atoms. The first-order chi connectivity index (χ1) is 9.04. The number of hydrogen-bond donors (Lipinski definition) is 2. The molecule has 1 aromatic carbocycles. The van der Waals surface area contributed by atoms with Crippen LogP contribution < -0.4 is 10.2 Å². The Kier molecular flexibility index (Phi) is 2.51. The summed E-state index contributed by atoms with van der Waals surface area (Å²) >= 11 is 0. The van der Waals surface area contributed by atoms with E-state index in [2.05, 4.69) is 5.32 Å². The minimum atomic E-state index is -0.950. The molecule has 1 saturated heterocycles. The van der Waals surface area contributed by atoms with Crippen LogP contribution in [0, 0.1) is 5.92 Å². The van der Waals surface area contributed by atoms with Gasteiger partial charge in [-0.05, 0) is 23.8 Å². The van der Waals surface area contributed by atoms with E-state index < -0.39 is 11.9 Å². The molecule has 1 aromatic rings. The largest absolute Gasteiger partial charge is 0.481 e. The third kappa shape index (κ3) is 1.95. The molecular weight excluding hydrogens is 248 g/mol. The summed E-state index contributed by atoms with van der Waals surface area (Å²) in [7, 11) is 0. The molecule has 0 aromatic heterocycles. The maximum Gasteiger partial charge on any atom is 0.308 e. The van der Waals surface area contributed by atoms with E-state index in [9.17, 15) is 14.4 Å². The molecule has 0 spiro atoms. The third-order valence-corrected chi connectivity index (χ3v) is 3.50. The number of carbonyl (C=O) groups excluding carboxylic acids is 2. The molecule has 0 aliphatic carbocycles. The summed E-state index contributed by atoms with van der Waals surface area (Å²) in [6, 6.07) is 5.25. The van der Waals surface area contributed by atoms with Crippen LogP contribution in [0.3, 0.4) is 0 Å². The fourth-order valence-corrected chi connectivity index (χ4v) is 2.51. The highest BCUT2D eigenvalue weighted by Gasteiger charge is 2.35. The second-order valence-electron chi connectivity index (χ2n) is 4.81. The van der Waals surface area contributed by atoms with Crippen LogP contribution in [0.1, 0.15) is 12.0 Å². The van der Waals surface area contributed by atoms with Crippen LogP contribution in [0.25, 0.3) is 0 Å². The quantitative estimate of drug-likeness (QED) is 0.816. The van der Waals surface area contributed by atoms with Gasteiger partial charge in [0.25, 0.3) is 0 Å². The Morgan fingerprint density at radius 1 is 1.37 bits per heavy atom. The van der Waals surface area contributed by atoms with Crippen molar-refractivity contribution in [3.63, 3.8) is 0 Å². The molecule has 98 valence electrons. The van der Waals surface area contributed by atoms with Crippen molar-refractivity contribution in [3.05, 3.63) is 23.8 Å². The maximum atomic E-state index is 11.8. The first kappa shape index (κ1) is 11.7. The number of nitrogens with one attached hydrogen (secondary N) is 1. The molecule has 6 heteroatoms.